The molecule has 0 saturated carbocycles. The Bertz CT molecular complexity index is 494. The summed E-state index contributed by atoms with van der Waals surface area (Å²) in [6, 6.07) is 3.97. The molecule has 0 amide bonds. The van der Waals surface area contributed by atoms with Crippen molar-refractivity contribution in [3.63, 3.8) is 0 Å². The van der Waals surface area contributed by atoms with Crippen molar-refractivity contribution in [1.82, 2.24) is 10.1 Å². The van der Waals surface area contributed by atoms with E-state index in [4.69, 9.17) is 9.26 Å². The summed E-state index contributed by atoms with van der Waals surface area (Å²) in [6.45, 7) is 5.80. The van der Waals surface area contributed by atoms with Crippen LogP contribution in [0.5, 0.6) is 5.75 Å². The average Bonchev–Trinajstić information content (AvgIpc) is 2.64. The fourth-order valence-electron chi connectivity index (χ4n) is 1.81. The van der Waals surface area contributed by atoms with E-state index in [1.165, 1.54) is 0 Å². The Morgan fingerprint density at radius 3 is 2.19 bits per heavy atom. The van der Waals surface area contributed by atoms with Crippen LogP contribution in [-0.4, -0.2) is 17.3 Å². The summed E-state index contributed by atoms with van der Waals surface area (Å²) in [5.41, 5.74) is 3.05. The number of ether oxygens (including phenoxy) is 1. The number of nitrogens with zero attached hydrogens (tertiary/aromatic N) is 2. The first-order valence-corrected chi connectivity index (χ1v) is 5.07. The van der Waals surface area contributed by atoms with Gasteiger partial charge in [-0.1, -0.05) is 5.16 Å². The number of hydrogen-bond acceptors (Lipinski definition) is 4. The summed E-state index contributed by atoms with van der Waals surface area (Å²) in [6.07, 6.45) is 0. The van der Waals surface area contributed by atoms with E-state index in [0.29, 0.717) is 11.7 Å². The molecule has 0 aliphatic rings. The van der Waals surface area contributed by atoms with E-state index in [1.807, 2.05) is 26.0 Å². The molecule has 0 bridgehead atoms. The minimum atomic E-state index is 0.548. The summed E-state index contributed by atoms with van der Waals surface area (Å²) >= 11 is 0. The molecule has 4 nitrogen and oxygen atoms in total. The zero-order chi connectivity index (χ0) is 11.7. The Kier molecular flexibility index (Phi) is 2.64. The Morgan fingerprint density at radius 1 is 1.12 bits per heavy atom. The van der Waals surface area contributed by atoms with Crippen molar-refractivity contribution in [3.8, 4) is 17.2 Å². The van der Waals surface area contributed by atoms with Crippen molar-refractivity contribution in [1.29, 1.82) is 0 Å². The SMILES string of the molecule is COc1c(C)cc(-c2nc(C)no2)cc1C. The minimum Gasteiger partial charge on any atom is -0.496 e. The molecule has 0 unspecified atom stereocenters. The predicted octanol–water partition coefficient (Wildman–Crippen LogP) is 2.67. The largest absolute Gasteiger partial charge is 0.496 e. The van der Waals surface area contributed by atoms with E-state index >= 15 is 0 Å². The molecule has 0 N–H and O–H groups in total. The molecular weight excluding hydrogens is 204 g/mol. The van der Waals surface area contributed by atoms with Crippen molar-refractivity contribution >= 4 is 0 Å². The van der Waals surface area contributed by atoms with Gasteiger partial charge in [-0.15, -0.1) is 0 Å². The van der Waals surface area contributed by atoms with Gasteiger partial charge in [0.25, 0.3) is 5.89 Å². The fraction of sp³-hybridized carbons (Fsp3) is 0.333. The van der Waals surface area contributed by atoms with Crippen LogP contribution in [0.1, 0.15) is 17.0 Å². The third-order valence-corrected chi connectivity index (χ3v) is 2.44. The number of aromatic nitrogens is 2. The Morgan fingerprint density at radius 2 is 1.75 bits per heavy atom. The van der Waals surface area contributed by atoms with Crippen molar-refractivity contribution in [2.75, 3.05) is 7.11 Å². The highest BCUT2D eigenvalue weighted by molar-refractivity contribution is 5.59. The van der Waals surface area contributed by atoms with Gasteiger partial charge in [-0.2, -0.15) is 4.98 Å². The lowest BCUT2D eigenvalue weighted by atomic mass is 10.1. The molecule has 0 atom stereocenters. The number of hydrogen-bond donors (Lipinski definition) is 0. The maximum Gasteiger partial charge on any atom is 0.257 e. The third kappa shape index (κ3) is 1.78. The summed E-state index contributed by atoms with van der Waals surface area (Å²) in [7, 11) is 1.67. The van der Waals surface area contributed by atoms with Crippen LogP contribution in [0.15, 0.2) is 16.7 Å². The van der Waals surface area contributed by atoms with Gasteiger partial charge in [0, 0.05) is 5.56 Å². The minimum absolute atomic E-state index is 0.548. The van der Waals surface area contributed by atoms with Crippen molar-refractivity contribution < 1.29 is 9.26 Å². The standard InChI is InChI=1S/C12H14N2O2/c1-7-5-10(6-8(2)11(7)15-4)12-13-9(3)14-16-12/h5-6H,1-4H3. The monoisotopic (exact) mass is 218 g/mol. The van der Waals surface area contributed by atoms with Crippen LogP contribution < -0.4 is 4.74 Å². The molecule has 84 valence electrons. The molecule has 2 aromatic rings. The van der Waals surface area contributed by atoms with Gasteiger partial charge in [0.1, 0.15) is 5.75 Å². The van der Waals surface area contributed by atoms with Crippen LogP contribution in [0, 0.1) is 20.8 Å². The number of rotatable bonds is 2. The van der Waals surface area contributed by atoms with E-state index in [0.717, 1.165) is 22.4 Å². The summed E-state index contributed by atoms with van der Waals surface area (Å²) in [5, 5.41) is 3.78. The number of benzene rings is 1. The van der Waals surface area contributed by atoms with Crippen LogP contribution in [-0.2, 0) is 0 Å². The van der Waals surface area contributed by atoms with E-state index in [2.05, 4.69) is 10.1 Å². The van der Waals surface area contributed by atoms with E-state index in [9.17, 15) is 0 Å². The highest BCUT2D eigenvalue weighted by Crippen LogP contribution is 2.28. The lowest BCUT2D eigenvalue weighted by Crippen LogP contribution is -1.92. The normalized spacial score (nSPS) is 10.5. The van der Waals surface area contributed by atoms with Crippen LogP contribution in [0.3, 0.4) is 0 Å². The topological polar surface area (TPSA) is 48.2 Å². The molecule has 0 spiro atoms. The zero-order valence-electron chi connectivity index (χ0n) is 9.87. The quantitative estimate of drug-likeness (QED) is 0.777. The molecule has 1 heterocycles. The highest BCUT2D eigenvalue weighted by atomic mass is 16.5. The predicted molar refractivity (Wildman–Crippen MR) is 60.5 cm³/mol. The molecule has 16 heavy (non-hydrogen) atoms. The van der Waals surface area contributed by atoms with Crippen LogP contribution in [0.4, 0.5) is 0 Å². The summed E-state index contributed by atoms with van der Waals surface area (Å²) in [4.78, 5) is 4.20. The molecule has 0 saturated heterocycles. The van der Waals surface area contributed by atoms with Gasteiger partial charge in [0.2, 0.25) is 0 Å². The average molecular weight is 218 g/mol. The van der Waals surface area contributed by atoms with Crippen molar-refractivity contribution in [2.24, 2.45) is 0 Å². The molecule has 1 aromatic carbocycles. The van der Waals surface area contributed by atoms with Gasteiger partial charge in [-0.25, -0.2) is 0 Å². The van der Waals surface area contributed by atoms with Crippen LogP contribution in [0.25, 0.3) is 11.5 Å². The van der Waals surface area contributed by atoms with Gasteiger partial charge < -0.3 is 9.26 Å². The Balaban J connectivity index is 2.52. The van der Waals surface area contributed by atoms with E-state index in [-0.39, 0.29) is 0 Å². The lowest BCUT2D eigenvalue weighted by Gasteiger charge is -2.09. The summed E-state index contributed by atoms with van der Waals surface area (Å²) in [5.74, 6) is 2.09. The maximum absolute atomic E-state index is 5.31. The molecule has 2 rings (SSSR count). The molecule has 0 fully saturated rings. The molecule has 0 aliphatic carbocycles. The molecular formula is C12H14N2O2. The van der Waals surface area contributed by atoms with Gasteiger partial charge in [-0.05, 0) is 44.0 Å². The van der Waals surface area contributed by atoms with Crippen LogP contribution >= 0.6 is 0 Å². The number of aryl methyl sites for hydroxylation is 3. The van der Waals surface area contributed by atoms with E-state index in [1.54, 1.807) is 14.0 Å². The second-order valence-electron chi connectivity index (χ2n) is 3.79. The molecule has 1 aromatic heterocycles. The van der Waals surface area contributed by atoms with Crippen LogP contribution in [0.2, 0.25) is 0 Å². The second-order valence-corrected chi connectivity index (χ2v) is 3.79. The lowest BCUT2D eigenvalue weighted by molar-refractivity contribution is 0.408. The van der Waals surface area contributed by atoms with Crippen molar-refractivity contribution in [3.05, 3.63) is 29.1 Å². The Labute approximate surface area is 94.2 Å². The van der Waals surface area contributed by atoms with Gasteiger partial charge in [0.15, 0.2) is 5.82 Å². The third-order valence-electron chi connectivity index (χ3n) is 2.44. The van der Waals surface area contributed by atoms with E-state index < -0.39 is 0 Å². The Hall–Kier alpha value is -1.84. The summed E-state index contributed by atoms with van der Waals surface area (Å²) < 4.78 is 10.4. The smallest absolute Gasteiger partial charge is 0.257 e. The highest BCUT2D eigenvalue weighted by Gasteiger charge is 2.11. The fourth-order valence-corrected chi connectivity index (χ4v) is 1.81. The first kappa shape index (κ1) is 10.7. The zero-order valence-corrected chi connectivity index (χ0v) is 9.87. The number of methoxy groups -OCH3 is 1. The maximum atomic E-state index is 5.31. The second kappa shape index (κ2) is 3.96. The molecule has 0 radical (unpaired) electrons. The first-order valence-electron chi connectivity index (χ1n) is 5.07. The van der Waals surface area contributed by atoms with Crippen molar-refractivity contribution in [2.45, 2.75) is 20.8 Å². The van der Waals surface area contributed by atoms with Gasteiger partial charge in [-0.3, -0.25) is 0 Å². The van der Waals surface area contributed by atoms with Gasteiger partial charge in [0.05, 0.1) is 7.11 Å². The van der Waals surface area contributed by atoms with Gasteiger partial charge >= 0.3 is 0 Å². The molecule has 4 heteroatoms. The first-order chi connectivity index (χ1) is 7.61. The molecule has 0 aliphatic heterocycles.